The van der Waals surface area contributed by atoms with Crippen LogP contribution < -0.4 is 5.32 Å². The summed E-state index contributed by atoms with van der Waals surface area (Å²) < 4.78 is 0. The van der Waals surface area contributed by atoms with Crippen molar-refractivity contribution >= 4 is 16.6 Å². The summed E-state index contributed by atoms with van der Waals surface area (Å²) in [6.07, 6.45) is 5.71. The van der Waals surface area contributed by atoms with Gasteiger partial charge in [-0.3, -0.25) is 5.10 Å². The first kappa shape index (κ1) is 12.5. The van der Waals surface area contributed by atoms with Crippen LogP contribution in [0.15, 0.2) is 24.4 Å². The summed E-state index contributed by atoms with van der Waals surface area (Å²) >= 11 is 0. The highest BCUT2D eigenvalue weighted by molar-refractivity contribution is 5.90. The molecule has 0 amide bonds. The summed E-state index contributed by atoms with van der Waals surface area (Å²) in [5.74, 6) is 0.794. The van der Waals surface area contributed by atoms with Crippen LogP contribution in [0.5, 0.6) is 0 Å². The van der Waals surface area contributed by atoms with E-state index < -0.39 is 0 Å². The fourth-order valence-corrected chi connectivity index (χ4v) is 3.77. The SMILES string of the molecule is CC1CC(Nc2cccc3cn[nH]c23)CC(C)(C)C1. The van der Waals surface area contributed by atoms with E-state index in [9.17, 15) is 0 Å². The van der Waals surface area contributed by atoms with Crippen LogP contribution in [-0.2, 0) is 0 Å². The molecule has 2 N–H and O–H groups in total. The van der Waals surface area contributed by atoms with Crippen LogP contribution in [-0.4, -0.2) is 16.2 Å². The van der Waals surface area contributed by atoms with Gasteiger partial charge < -0.3 is 5.32 Å². The van der Waals surface area contributed by atoms with Crippen molar-refractivity contribution in [2.45, 2.75) is 46.1 Å². The molecule has 0 bridgehead atoms. The van der Waals surface area contributed by atoms with Gasteiger partial charge in [0.1, 0.15) is 0 Å². The number of rotatable bonds is 2. The number of anilines is 1. The lowest BCUT2D eigenvalue weighted by Crippen LogP contribution is -2.35. The van der Waals surface area contributed by atoms with Crippen molar-refractivity contribution in [2.75, 3.05) is 5.32 Å². The molecule has 0 spiro atoms. The molecule has 2 aromatic rings. The zero-order chi connectivity index (χ0) is 13.5. The molecule has 0 aliphatic heterocycles. The molecule has 1 heterocycles. The average molecular weight is 257 g/mol. The van der Waals surface area contributed by atoms with Crippen LogP contribution in [0.1, 0.15) is 40.0 Å². The van der Waals surface area contributed by atoms with Crippen LogP contribution in [0.25, 0.3) is 10.9 Å². The standard InChI is InChI=1S/C16H23N3/c1-11-7-13(9-16(2,3)8-11)18-14-6-4-5-12-10-17-19-15(12)14/h4-6,10-11,13,18H,7-9H2,1-3H3,(H,17,19). The molecule has 0 radical (unpaired) electrons. The van der Waals surface area contributed by atoms with Gasteiger partial charge in [-0.05, 0) is 36.7 Å². The van der Waals surface area contributed by atoms with E-state index in [0.29, 0.717) is 11.5 Å². The summed E-state index contributed by atoms with van der Waals surface area (Å²) in [4.78, 5) is 0. The molecule has 3 nitrogen and oxygen atoms in total. The second kappa shape index (κ2) is 4.55. The molecule has 3 heteroatoms. The lowest BCUT2D eigenvalue weighted by Gasteiger charge is -2.39. The Balaban J connectivity index is 1.83. The number of aromatic amines is 1. The quantitative estimate of drug-likeness (QED) is 0.847. The van der Waals surface area contributed by atoms with Gasteiger partial charge in [-0.2, -0.15) is 5.10 Å². The highest BCUT2D eigenvalue weighted by atomic mass is 15.1. The molecule has 1 saturated carbocycles. The number of aromatic nitrogens is 2. The fraction of sp³-hybridized carbons (Fsp3) is 0.562. The van der Waals surface area contributed by atoms with Crippen LogP contribution in [0.2, 0.25) is 0 Å². The Bertz CT molecular complexity index is 570. The molecule has 1 fully saturated rings. The van der Waals surface area contributed by atoms with Crippen LogP contribution in [0.4, 0.5) is 5.69 Å². The minimum Gasteiger partial charge on any atom is -0.381 e. The third-order valence-corrected chi connectivity index (χ3v) is 4.22. The van der Waals surface area contributed by atoms with Crippen LogP contribution in [0, 0.1) is 11.3 Å². The first-order chi connectivity index (χ1) is 9.03. The normalized spacial score (nSPS) is 26.5. The molecule has 3 rings (SSSR count). The Kier molecular flexibility index (Phi) is 3.00. The Labute approximate surface area is 114 Å². The van der Waals surface area contributed by atoms with E-state index in [0.717, 1.165) is 11.4 Å². The van der Waals surface area contributed by atoms with Gasteiger partial charge in [0.05, 0.1) is 17.4 Å². The van der Waals surface area contributed by atoms with Crippen molar-refractivity contribution in [1.82, 2.24) is 10.2 Å². The van der Waals surface area contributed by atoms with Crippen molar-refractivity contribution < 1.29 is 0 Å². The first-order valence-electron chi connectivity index (χ1n) is 7.22. The molecule has 2 unspecified atom stereocenters. The second-order valence-electron chi connectivity index (χ2n) is 6.89. The van der Waals surface area contributed by atoms with E-state index in [1.54, 1.807) is 0 Å². The third kappa shape index (κ3) is 2.60. The number of nitrogens with one attached hydrogen (secondary N) is 2. The smallest absolute Gasteiger partial charge is 0.0881 e. The number of H-pyrrole nitrogens is 1. The maximum Gasteiger partial charge on any atom is 0.0881 e. The second-order valence-corrected chi connectivity index (χ2v) is 6.89. The van der Waals surface area contributed by atoms with Gasteiger partial charge in [0.2, 0.25) is 0 Å². The highest BCUT2D eigenvalue weighted by Crippen LogP contribution is 2.39. The summed E-state index contributed by atoms with van der Waals surface area (Å²) in [7, 11) is 0. The highest BCUT2D eigenvalue weighted by Gasteiger charge is 2.32. The third-order valence-electron chi connectivity index (χ3n) is 4.22. The molecular weight excluding hydrogens is 234 g/mol. The lowest BCUT2D eigenvalue weighted by molar-refractivity contribution is 0.178. The predicted octanol–water partition coefficient (Wildman–Crippen LogP) is 4.19. The molecule has 1 aromatic heterocycles. The van der Waals surface area contributed by atoms with Gasteiger partial charge >= 0.3 is 0 Å². The Morgan fingerprint density at radius 3 is 2.95 bits per heavy atom. The average Bonchev–Trinajstić information content (AvgIpc) is 2.75. The van der Waals surface area contributed by atoms with Gasteiger partial charge in [-0.1, -0.05) is 32.9 Å². The maximum atomic E-state index is 4.13. The summed E-state index contributed by atoms with van der Waals surface area (Å²) in [5.41, 5.74) is 2.75. The van der Waals surface area contributed by atoms with Gasteiger partial charge in [-0.25, -0.2) is 0 Å². The lowest BCUT2D eigenvalue weighted by atomic mass is 9.70. The number of hydrogen-bond acceptors (Lipinski definition) is 2. The number of benzene rings is 1. The van der Waals surface area contributed by atoms with E-state index in [1.807, 2.05) is 6.20 Å². The van der Waals surface area contributed by atoms with Crippen LogP contribution in [0.3, 0.4) is 0 Å². The minimum atomic E-state index is 0.442. The van der Waals surface area contributed by atoms with E-state index in [-0.39, 0.29) is 0 Å². The monoisotopic (exact) mass is 257 g/mol. The fourth-order valence-electron chi connectivity index (χ4n) is 3.77. The van der Waals surface area contributed by atoms with Crippen molar-refractivity contribution in [3.63, 3.8) is 0 Å². The van der Waals surface area contributed by atoms with E-state index in [4.69, 9.17) is 0 Å². The van der Waals surface area contributed by atoms with Crippen molar-refractivity contribution in [1.29, 1.82) is 0 Å². The molecule has 2 atom stereocenters. The molecular formula is C16H23N3. The summed E-state index contributed by atoms with van der Waals surface area (Å²) in [5, 5.41) is 12.1. The van der Waals surface area contributed by atoms with E-state index in [1.165, 1.54) is 30.3 Å². The number of hydrogen-bond donors (Lipinski definition) is 2. The van der Waals surface area contributed by atoms with Gasteiger partial charge in [0.25, 0.3) is 0 Å². The van der Waals surface area contributed by atoms with Gasteiger partial charge in [-0.15, -0.1) is 0 Å². The number of para-hydroxylation sites is 1. The summed E-state index contributed by atoms with van der Waals surface area (Å²) in [6, 6.07) is 6.90. The Morgan fingerprint density at radius 2 is 2.16 bits per heavy atom. The van der Waals surface area contributed by atoms with Gasteiger partial charge in [0, 0.05) is 11.4 Å². The van der Waals surface area contributed by atoms with Crippen molar-refractivity contribution in [3.05, 3.63) is 24.4 Å². The van der Waals surface area contributed by atoms with E-state index in [2.05, 4.69) is 54.5 Å². The molecule has 102 valence electrons. The first-order valence-corrected chi connectivity index (χ1v) is 7.22. The topological polar surface area (TPSA) is 40.7 Å². The molecule has 19 heavy (non-hydrogen) atoms. The zero-order valence-electron chi connectivity index (χ0n) is 12.0. The molecule has 1 aliphatic rings. The minimum absolute atomic E-state index is 0.442. The summed E-state index contributed by atoms with van der Waals surface area (Å²) in [6.45, 7) is 7.13. The largest absolute Gasteiger partial charge is 0.381 e. The van der Waals surface area contributed by atoms with Crippen molar-refractivity contribution in [2.24, 2.45) is 11.3 Å². The van der Waals surface area contributed by atoms with Crippen LogP contribution >= 0.6 is 0 Å². The molecule has 1 aliphatic carbocycles. The van der Waals surface area contributed by atoms with E-state index >= 15 is 0 Å². The number of fused-ring (bicyclic) bond motifs is 1. The Hall–Kier alpha value is -1.51. The molecule has 0 saturated heterocycles. The zero-order valence-corrected chi connectivity index (χ0v) is 12.0. The van der Waals surface area contributed by atoms with Crippen molar-refractivity contribution in [3.8, 4) is 0 Å². The van der Waals surface area contributed by atoms with Gasteiger partial charge in [0.15, 0.2) is 0 Å². The Morgan fingerprint density at radius 1 is 1.32 bits per heavy atom. The molecule has 1 aromatic carbocycles. The predicted molar refractivity (Wildman–Crippen MR) is 80.3 cm³/mol. The number of nitrogens with zero attached hydrogens (tertiary/aromatic N) is 1. The maximum absolute atomic E-state index is 4.13.